The fraction of sp³-hybridized carbons (Fsp3) is 0.385. The molecule has 2 heteroatoms. The van der Waals surface area contributed by atoms with E-state index in [1.807, 2.05) is 44.6 Å². The summed E-state index contributed by atoms with van der Waals surface area (Å²) < 4.78 is 0. The van der Waals surface area contributed by atoms with Crippen molar-refractivity contribution >= 4 is 10.8 Å². The number of aromatic nitrogens is 2. The van der Waals surface area contributed by atoms with Crippen LogP contribution in [0, 0.1) is 0 Å². The molecule has 0 spiro atoms. The van der Waals surface area contributed by atoms with Gasteiger partial charge in [-0.15, -0.1) is 0 Å². The Hall–Kier alpha value is -1.44. The van der Waals surface area contributed by atoms with E-state index >= 15 is 0 Å². The van der Waals surface area contributed by atoms with Crippen LogP contribution < -0.4 is 0 Å². The molecule has 0 aliphatic carbocycles. The number of hydrogen-bond donors (Lipinski definition) is 0. The molecule has 15 heavy (non-hydrogen) atoms. The normalized spacial score (nSPS) is 9.93. The molecule has 2 nitrogen and oxygen atoms in total. The average molecular weight is 202 g/mol. The van der Waals surface area contributed by atoms with Gasteiger partial charge in [-0.25, -0.2) is 0 Å². The molecule has 80 valence electrons. The SMILES string of the molecule is CC.CC(C)c1nccc2cnccc12. The van der Waals surface area contributed by atoms with Crippen LogP contribution in [-0.4, -0.2) is 9.97 Å². The van der Waals surface area contributed by atoms with Gasteiger partial charge in [0.15, 0.2) is 0 Å². The van der Waals surface area contributed by atoms with Crippen LogP contribution in [0.2, 0.25) is 0 Å². The van der Waals surface area contributed by atoms with Gasteiger partial charge in [0.1, 0.15) is 0 Å². The second-order valence-electron chi connectivity index (χ2n) is 3.45. The second kappa shape index (κ2) is 5.44. The van der Waals surface area contributed by atoms with Crippen LogP contribution in [0.15, 0.2) is 30.7 Å². The maximum atomic E-state index is 4.38. The van der Waals surface area contributed by atoms with Crippen molar-refractivity contribution < 1.29 is 0 Å². The Morgan fingerprint density at radius 1 is 1.07 bits per heavy atom. The van der Waals surface area contributed by atoms with Crippen molar-refractivity contribution in [2.24, 2.45) is 0 Å². The lowest BCUT2D eigenvalue weighted by Gasteiger charge is -2.07. The molecular formula is C13H18N2. The van der Waals surface area contributed by atoms with Gasteiger partial charge in [0.05, 0.1) is 5.69 Å². The molecule has 0 aromatic carbocycles. The average Bonchev–Trinajstić information content (AvgIpc) is 2.31. The van der Waals surface area contributed by atoms with Gasteiger partial charge in [-0.2, -0.15) is 0 Å². The van der Waals surface area contributed by atoms with Gasteiger partial charge in [0.25, 0.3) is 0 Å². The maximum absolute atomic E-state index is 4.38. The fourth-order valence-corrected chi connectivity index (χ4v) is 1.50. The molecule has 0 bridgehead atoms. The first kappa shape index (κ1) is 11.6. The third kappa shape index (κ3) is 2.52. The summed E-state index contributed by atoms with van der Waals surface area (Å²) in [7, 11) is 0. The minimum absolute atomic E-state index is 0.464. The molecule has 2 rings (SSSR count). The van der Waals surface area contributed by atoms with Crippen molar-refractivity contribution in [1.29, 1.82) is 0 Å². The van der Waals surface area contributed by atoms with E-state index in [0.29, 0.717) is 5.92 Å². The standard InChI is InChI=1S/C11H12N2.C2H6/c1-8(2)11-10-4-5-12-7-9(10)3-6-13-11;1-2/h3-8H,1-2H3;1-2H3. The Balaban J connectivity index is 0.000000531. The molecule has 0 saturated heterocycles. The third-order valence-electron chi connectivity index (χ3n) is 2.14. The van der Waals surface area contributed by atoms with E-state index in [1.165, 1.54) is 10.8 Å². The molecule has 2 aromatic heterocycles. The summed E-state index contributed by atoms with van der Waals surface area (Å²) in [6.45, 7) is 8.31. The Morgan fingerprint density at radius 2 is 1.80 bits per heavy atom. The molecule has 2 aromatic rings. The lowest BCUT2D eigenvalue weighted by molar-refractivity contribution is 0.834. The molecule has 0 aliphatic heterocycles. The largest absolute Gasteiger partial charge is 0.264 e. The number of nitrogens with zero attached hydrogens (tertiary/aromatic N) is 2. The van der Waals surface area contributed by atoms with Crippen LogP contribution >= 0.6 is 0 Å². The molecule has 0 aliphatic rings. The first-order valence-electron chi connectivity index (χ1n) is 5.47. The second-order valence-corrected chi connectivity index (χ2v) is 3.45. The van der Waals surface area contributed by atoms with Crippen LogP contribution in [-0.2, 0) is 0 Å². The number of hydrogen-bond acceptors (Lipinski definition) is 2. The maximum Gasteiger partial charge on any atom is 0.0508 e. The summed E-state index contributed by atoms with van der Waals surface area (Å²) in [6, 6.07) is 4.02. The minimum atomic E-state index is 0.464. The van der Waals surface area contributed by atoms with E-state index < -0.39 is 0 Å². The van der Waals surface area contributed by atoms with Crippen molar-refractivity contribution in [2.75, 3.05) is 0 Å². The molecule has 0 saturated carbocycles. The van der Waals surface area contributed by atoms with E-state index in [1.54, 1.807) is 0 Å². The molecule has 0 atom stereocenters. The summed E-state index contributed by atoms with van der Waals surface area (Å²) in [4.78, 5) is 8.46. The molecule has 0 amide bonds. The lowest BCUT2D eigenvalue weighted by Crippen LogP contribution is -1.93. The first-order chi connectivity index (χ1) is 7.29. The van der Waals surface area contributed by atoms with E-state index in [9.17, 15) is 0 Å². The van der Waals surface area contributed by atoms with Gasteiger partial charge >= 0.3 is 0 Å². The van der Waals surface area contributed by atoms with Gasteiger partial charge in [-0.1, -0.05) is 27.7 Å². The number of fused-ring (bicyclic) bond motifs is 1. The Kier molecular flexibility index (Phi) is 4.22. The topological polar surface area (TPSA) is 25.8 Å². The molecular weight excluding hydrogens is 184 g/mol. The predicted octanol–water partition coefficient (Wildman–Crippen LogP) is 3.78. The van der Waals surface area contributed by atoms with Crippen molar-refractivity contribution in [1.82, 2.24) is 9.97 Å². The summed E-state index contributed by atoms with van der Waals surface area (Å²) in [6.07, 6.45) is 5.54. The Labute approximate surface area is 91.4 Å². The minimum Gasteiger partial charge on any atom is -0.264 e. The van der Waals surface area contributed by atoms with Crippen molar-refractivity contribution in [3.05, 3.63) is 36.4 Å². The monoisotopic (exact) mass is 202 g/mol. The molecule has 0 fully saturated rings. The van der Waals surface area contributed by atoms with Gasteiger partial charge < -0.3 is 0 Å². The quantitative estimate of drug-likeness (QED) is 0.703. The Bertz CT molecular complexity index is 416. The van der Waals surface area contributed by atoms with Gasteiger partial charge in [0, 0.05) is 29.4 Å². The summed E-state index contributed by atoms with van der Waals surface area (Å²) in [5, 5.41) is 2.38. The van der Waals surface area contributed by atoms with Gasteiger partial charge in [-0.3, -0.25) is 9.97 Å². The molecule has 0 N–H and O–H groups in total. The summed E-state index contributed by atoms with van der Waals surface area (Å²) >= 11 is 0. The smallest absolute Gasteiger partial charge is 0.0508 e. The summed E-state index contributed by atoms with van der Waals surface area (Å²) in [5.41, 5.74) is 1.15. The molecule has 0 unspecified atom stereocenters. The molecule has 0 radical (unpaired) electrons. The van der Waals surface area contributed by atoms with E-state index in [4.69, 9.17) is 0 Å². The third-order valence-corrected chi connectivity index (χ3v) is 2.14. The highest BCUT2D eigenvalue weighted by Gasteiger charge is 2.04. The van der Waals surface area contributed by atoms with Crippen molar-refractivity contribution in [3.8, 4) is 0 Å². The summed E-state index contributed by atoms with van der Waals surface area (Å²) in [5.74, 6) is 0.464. The van der Waals surface area contributed by atoms with E-state index in [2.05, 4.69) is 23.8 Å². The first-order valence-corrected chi connectivity index (χ1v) is 5.47. The van der Waals surface area contributed by atoms with Gasteiger partial charge in [-0.05, 0) is 18.1 Å². The van der Waals surface area contributed by atoms with Crippen molar-refractivity contribution in [2.45, 2.75) is 33.6 Å². The van der Waals surface area contributed by atoms with Crippen LogP contribution in [0.1, 0.15) is 39.3 Å². The lowest BCUT2D eigenvalue weighted by atomic mass is 10.0. The zero-order valence-electron chi connectivity index (χ0n) is 9.86. The number of pyridine rings is 2. The van der Waals surface area contributed by atoms with Crippen molar-refractivity contribution in [3.63, 3.8) is 0 Å². The van der Waals surface area contributed by atoms with Crippen LogP contribution in [0.3, 0.4) is 0 Å². The predicted molar refractivity (Wildman–Crippen MR) is 65.0 cm³/mol. The van der Waals surface area contributed by atoms with E-state index in [-0.39, 0.29) is 0 Å². The van der Waals surface area contributed by atoms with Crippen LogP contribution in [0.25, 0.3) is 10.8 Å². The van der Waals surface area contributed by atoms with Crippen LogP contribution in [0.5, 0.6) is 0 Å². The zero-order valence-corrected chi connectivity index (χ0v) is 9.86. The Morgan fingerprint density at radius 3 is 2.47 bits per heavy atom. The highest BCUT2D eigenvalue weighted by Crippen LogP contribution is 2.21. The highest BCUT2D eigenvalue weighted by molar-refractivity contribution is 5.83. The van der Waals surface area contributed by atoms with Crippen LogP contribution in [0.4, 0.5) is 0 Å². The van der Waals surface area contributed by atoms with E-state index in [0.717, 1.165) is 5.69 Å². The van der Waals surface area contributed by atoms with Gasteiger partial charge in [0.2, 0.25) is 0 Å². The highest BCUT2D eigenvalue weighted by atomic mass is 14.7. The fourth-order valence-electron chi connectivity index (χ4n) is 1.50. The molecule has 2 heterocycles. The number of rotatable bonds is 1. The zero-order chi connectivity index (χ0) is 11.3.